The quantitative estimate of drug-likeness (QED) is 0.886. The van der Waals surface area contributed by atoms with Gasteiger partial charge in [0.2, 0.25) is 0 Å². The zero-order valence-corrected chi connectivity index (χ0v) is 11.9. The van der Waals surface area contributed by atoms with Gasteiger partial charge in [-0.05, 0) is 32.9 Å². The van der Waals surface area contributed by atoms with E-state index in [4.69, 9.17) is 10.5 Å². The van der Waals surface area contributed by atoms with Crippen molar-refractivity contribution in [1.29, 1.82) is 0 Å². The maximum Gasteiger partial charge on any atom is 0.134 e. The van der Waals surface area contributed by atoms with E-state index in [1.54, 1.807) is 13.3 Å². The van der Waals surface area contributed by atoms with Gasteiger partial charge in [-0.15, -0.1) is 0 Å². The van der Waals surface area contributed by atoms with Crippen LogP contribution in [0.4, 0.5) is 5.82 Å². The summed E-state index contributed by atoms with van der Waals surface area (Å²) in [5, 5.41) is 5.50. The maximum atomic E-state index is 6.00. The summed E-state index contributed by atoms with van der Waals surface area (Å²) in [4.78, 5) is 4.43. The van der Waals surface area contributed by atoms with Crippen LogP contribution in [0.25, 0.3) is 10.8 Å². The zero-order chi connectivity index (χ0) is 14.0. The number of nitrogens with two attached hydrogens (primary N) is 1. The van der Waals surface area contributed by atoms with Gasteiger partial charge in [-0.3, -0.25) is 0 Å². The normalized spacial score (nSPS) is 13.3. The first kappa shape index (κ1) is 13.6. The highest BCUT2D eigenvalue weighted by Gasteiger charge is 2.23. The summed E-state index contributed by atoms with van der Waals surface area (Å²) in [5.41, 5.74) is 5.77. The SMILES string of the molecule is COc1cccc2c(NC(C)(C)C(C)N)nccc12. The van der Waals surface area contributed by atoms with Crippen molar-refractivity contribution in [3.05, 3.63) is 30.5 Å². The molecule has 1 aromatic heterocycles. The van der Waals surface area contributed by atoms with Crippen molar-refractivity contribution in [3.63, 3.8) is 0 Å². The van der Waals surface area contributed by atoms with Crippen molar-refractivity contribution in [2.75, 3.05) is 12.4 Å². The number of ether oxygens (including phenoxy) is 1. The van der Waals surface area contributed by atoms with Crippen LogP contribution in [0.5, 0.6) is 5.75 Å². The summed E-state index contributed by atoms with van der Waals surface area (Å²) in [6, 6.07) is 7.91. The molecule has 1 aromatic carbocycles. The predicted molar refractivity (Wildman–Crippen MR) is 79.6 cm³/mol. The Morgan fingerprint density at radius 2 is 2.00 bits per heavy atom. The molecule has 3 N–H and O–H groups in total. The fourth-order valence-electron chi connectivity index (χ4n) is 1.87. The lowest BCUT2D eigenvalue weighted by atomic mass is 9.96. The molecule has 4 heteroatoms. The Balaban J connectivity index is 2.50. The summed E-state index contributed by atoms with van der Waals surface area (Å²) in [6.45, 7) is 6.12. The Labute approximate surface area is 114 Å². The Bertz CT molecular complexity index is 579. The average molecular weight is 259 g/mol. The molecule has 0 amide bonds. The molecule has 0 radical (unpaired) electrons. The summed E-state index contributed by atoms with van der Waals surface area (Å²) >= 11 is 0. The standard InChI is InChI=1S/C15H21N3O/c1-10(16)15(2,3)18-14-12-6-5-7-13(19-4)11(12)8-9-17-14/h5-10H,16H2,1-4H3,(H,17,18). The molecule has 2 aromatic rings. The van der Waals surface area contributed by atoms with Crippen LogP contribution in [-0.2, 0) is 0 Å². The van der Waals surface area contributed by atoms with Gasteiger partial charge in [-0.25, -0.2) is 4.98 Å². The number of benzene rings is 1. The van der Waals surface area contributed by atoms with Crippen LogP contribution in [0, 0.1) is 0 Å². The van der Waals surface area contributed by atoms with E-state index in [0.717, 1.165) is 22.3 Å². The topological polar surface area (TPSA) is 60.2 Å². The van der Waals surface area contributed by atoms with Crippen molar-refractivity contribution in [2.24, 2.45) is 5.73 Å². The largest absolute Gasteiger partial charge is 0.496 e. The second-order valence-electron chi connectivity index (χ2n) is 5.35. The van der Waals surface area contributed by atoms with E-state index in [2.05, 4.69) is 24.1 Å². The number of hydrogen-bond donors (Lipinski definition) is 2. The summed E-state index contributed by atoms with van der Waals surface area (Å²) < 4.78 is 5.38. The molecule has 4 nitrogen and oxygen atoms in total. The van der Waals surface area contributed by atoms with Gasteiger partial charge in [0.15, 0.2) is 0 Å². The Morgan fingerprint density at radius 3 is 2.63 bits per heavy atom. The van der Waals surface area contributed by atoms with E-state index in [9.17, 15) is 0 Å². The molecule has 0 bridgehead atoms. The number of pyridine rings is 1. The highest BCUT2D eigenvalue weighted by atomic mass is 16.5. The number of nitrogens with zero attached hydrogens (tertiary/aromatic N) is 1. The molecule has 0 aliphatic rings. The first-order valence-corrected chi connectivity index (χ1v) is 6.41. The highest BCUT2D eigenvalue weighted by Crippen LogP contribution is 2.30. The molecular formula is C15H21N3O. The third-order valence-corrected chi connectivity index (χ3v) is 3.56. The number of anilines is 1. The van der Waals surface area contributed by atoms with E-state index in [0.29, 0.717) is 0 Å². The van der Waals surface area contributed by atoms with Crippen LogP contribution in [0.2, 0.25) is 0 Å². The molecule has 0 fully saturated rings. The van der Waals surface area contributed by atoms with Crippen molar-refractivity contribution >= 4 is 16.6 Å². The third-order valence-electron chi connectivity index (χ3n) is 3.56. The first-order chi connectivity index (χ1) is 8.95. The number of hydrogen-bond acceptors (Lipinski definition) is 4. The third kappa shape index (κ3) is 2.63. The number of rotatable bonds is 4. The molecule has 0 saturated carbocycles. The summed E-state index contributed by atoms with van der Waals surface area (Å²) in [6.07, 6.45) is 1.78. The van der Waals surface area contributed by atoms with Crippen LogP contribution in [-0.4, -0.2) is 23.7 Å². The van der Waals surface area contributed by atoms with E-state index in [1.165, 1.54) is 0 Å². The molecule has 1 atom stereocenters. The minimum atomic E-state index is -0.232. The fraction of sp³-hybridized carbons (Fsp3) is 0.400. The average Bonchev–Trinajstić information content (AvgIpc) is 2.38. The molecule has 0 aliphatic carbocycles. The van der Waals surface area contributed by atoms with Crippen LogP contribution < -0.4 is 15.8 Å². The Morgan fingerprint density at radius 1 is 1.26 bits per heavy atom. The second kappa shape index (κ2) is 5.05. The lowest BCUT2D eigenvalue weighted by molar-refractivity contribution is 0.420. The highest BCUT2D eigenvalue weighted by molar-refractivity contribution is 5.96. The Kier molecular flexibility index (Phi) is 3.62. The molecule has 0 saturated heterocycles. The van der Waals surface area contributed by atoms with Crippen molar-refractivity contribution in [2.45, 2.75) is 32.4 Å². The van der Waals surface area contributed by atoms with Crippen molar-refractivity contribution in [1.82, 2.24) is 4.98 Å². The molecule has 2 rings (SSSR count). The summed E-state index contributed by atoms with van der Waals surface area (Å²) in [7, 11) is 1.67. The number of nitrogens with one attached hydrogen (secondary N) is 1. The van der Waals surface area contributed by atoms with Crippen molar-refractivity contribution < 1.29 is 4.74 Å². The van der Waals surface area contributed by atoms with Crippen LogP contribution >= 0.6 is 0 Å². The number of fused-ring (bicyclic) bond motifs is 1. The minimum Gasteiger partial charge on any atom is -0.496 e. The van der Waals surface area contributed by atoms with E-state index in [1.807, 2.05) is 31.2 Å². The minimum absolute atomic E-state index is 0.00941. The van der Waals surface area contributed by atoms with Gasteiger partial charge < -0.3 is 15.8 Å². The predicted octanol–water partition coefficient (Wildman–Crippen LogP) is 2.78. The lowest BCUT2D eigenvalue weighted by Gasteiger charge is -2.31. The second-order valence-corrected chi connectivity index (χ2v) is 5.35. The number of aromatic nitrogens is 1. The lowest BCUT2D eigenvalue weighted by Crippen LogP contribution is -2.47. The van der Waals surface area contributed by atoms with Crippen LogP contribution in [0.3, 0.4) is 0 Å². The van der Waals surface area contributed by atoms with Crippen LogP contribution in [0.1, 0.15) is 20.8 Å². The van der Waals surface area contributed by atoms with Gasteiger partial charge in [0.05, 0.1) is 7.11 Å². The van der Waals surface area contributed by atoms with Gasteiger partial charge >= 0.3 is 0 Å². The van der Waals surface area contributed by atoms with Crippen LogP contribution in [0.15, 0.2) is 30.5 Å². The maximum absolute atomic E-state index is 6.00. The molecule has 1 unspecified atom stereocenters. The van der Waals surface area contributed by atoms with Gasteiger partial charge in [0, 0.05) is 28.6 Å². The van der Waals surface area contributed by atoms with Gasteiger partial charge in [-0.2, -0.15) is 0 Å². The number of methoxy groups -OCH3 is 1. The monoisotopic (exact) mass is 259 g/mol. The van der Waals surface area contributed by atoms with E-state index >= 15 is 0 Å². The molecule has 0 aliphatic heterocycles. The molecule has 19 heavy (non-hydrogen) atoms. The molecule has 0 spiro atoms. The zero-order valence-electron chi connectivity index (χ0n) is 11.9. The molecule has 102 valence electrons. The van der Waals surface area contributed by atoms with Gasteiger partial charge in [0.25, 0.3) is 0 Å². The Hall–Kier alpha value is -1.81. The van der Waals surface area contributed by atoms with E-state index < -0.39 is 0 Å². The summed E-state index contributed by atoms with van der Waals surface area (Å²) in [5.74, 6) is 1.68. The first-order valence-electron chi connectivity index (χ1n) is 6.41. The van der Waals surface area contributed by atoms with Crippen molar-refractivity contribution in [3.8, 4) is 5.75 Å². The van der Waals surface area contributed by atoms with Gasteiger partial charge in [-0.1, -0.05) is 12.1 Å². The molecule has 1 heterocycles. The molecular weight excluding hydrogens is 238 g/mol. The van der Waals surface area contributed by atoms with Gasteiger partial charge in [0.1, 0.15) is 11.6 Å². The smallest absolute Gasteiger partial charge is 0.134 e. The fourth-order valence-corrected chi connectivity index (χ4v) is 1.87. The van der Waals surface area contributed by atoms with E-state index in [-0.39, 0.29) is 11.6 Å².